The van der Waals surface area contributed by atoms with Gasteiger partial charge in [-0.05, 0) is 43.7 Å². The minimum absolute atomic E-state index is 0.0124. The third-order valence-electron chi connectivity index (χ3n) is 4.99. The molecule has 1 aromatic carbocycles. The van der Waals surface area contributed by atoms with Crippen molar-refractivity contribution < 1.29 is 26.4 Å². The fraction of sp³-hybridized carbons (Fsp3) is 0.238. The van der Waals surface area contributed by atoms with Crippen LogP contribution in [0.2, 0.25) is 0 Å². The molecule has 7 nitrogen and oxygen atoms in total. The van der Waals surface area contributed by atoms with E-state index in [1.807, 2.05) is 0 Å². The number of aromatic amines is 1. The summed E-state index contributed by atoms with van der Waals surface area (Å²) in [6, 6.07) is 6.19. The lowest BCUT2D eigenvalue weighted by Crippen LogP contribution is -2.44. The number of nitrogen functional groups attached to an aromatic ring is 1. The maximum absolute atomic E-state index is 14.7. The number of hydrogen-bond donors (Lipinski definition) is 2. The van der Waals surface area contributed by atoms with Gasteiger partial charge in [0.15, 0.2) is 0 Å². The van der Waals surface area contributed by atoms with Crippen molar-refractivity contribution in [2.24, 2.45) is 0 Å². The Morgan fingerprint density at radius 3 is 2.36 bits per heavy atom. The number of nitrogens with two attached hydrogens (primary N) is 1. The van der Waals surface area contributed by atoms with Gasteiger partial charge in [-0.15, -0.1) is 9.38 Å². The zero-order valence-corrected chi connectivity index (χ0v) is 17.5. The Balaban J connectivity index is 2.08. The third kappa shape index (κ3) is 4.28. The second-order valence-electron chi connectivity index (χ2n) is 7.55. The van der Waals surface area contributed by atoms with Crippen LogP contribution in [0.1, 0.15) is 17.8 Å². The number of H-pyrrole nitrogens is 1. The molecule has 0 spiro atoms. The summed E-state index contributed by atoms with van der Waals surface area (Å²) in [6.45, 7) is 2.76. The molecule has 172 valence electrons. The van der Waals surface area contributed by atoms with Gasteiger partial charge in [0.2, 0.25) is 5.65 Å². The van der Waals surface area contributed by atoms with Crippen molar-refractivity contribution in [2.45, 2.75) is 33.0 Å². The summed E-state index contributed by atoms with van der Waals surface area (Å²) in [5.74, 6) is -2.10. The first kappa shape index (κ1) is 22.4. The first-order valence-electron chi connectivity index (χ1n) is 9.76. The van der Waals surface area contributed by atoms with Crippen molar-refractivity contribution in [3.8, 4) is 22.4 Å². The molecule has 0 aliphatic rings. The quantitative estimate of drug-likeness (QED) is 0.357. The van der Waals surface area contributed by atoms with E-state index in [1.54, 1.807) is 26.0 Å². The van der Waals surface area contributed by atoms with Crippen LogP contribution in [0.5, 0.6) is 0 Å². The van der Waals surface area contributed by atoms with Crippen LogP contribution in [0.3, 0.4) is 0 Å². The third-order valence-corrected chi connectivity index (χ3v) is 4.99. The lowest BCUT2D eigenvalue weighted by Gasteiger charge is -2.10. The van der Waals surface area contributed by atoms with Gasteiger partial charge in [-0.1, -0.05) is 0 Å². The van der Waals surface area contributed by atoms with Gasteiger partial charge in [0.1, 0.15) is 17.3 Å². The highest BCUT2D eigenvalue weighted by atomic mass is 19.4. The standard InChI is InChI=1S/C21H17F5N6O/c1-10-7-12(8-11(2)28-10)16-17(14-4-3-13(22)9-15(14)23)29-19(27)32-18(16)30-31(20(32)33)6-5-21(24,25)26/h3-4,7-9H,5-6H2,1-2H3,(H2,27,28,29,30)/p+1. The summed E-state index contributed by atoms with van der Waals surface area (Å²) in [5.41, 5.74) is 6.86. The molecular weight excluding hydrogens is 447 g/mol. The Morgan fingerprint density at radius 2 is 1.76 bits per heavy atom. The van der Waals surface area contributed by atoms with E-state index in [9.17, 15) is 26.7 Å². The number of fused-ring (bicyclic) bond motifs is 1. The number of nitrogens with one attached hydrogen (secondary N) is 1. The van der Waals surface area contributed by atoms with Crippen LogP contribution in [-0.4, -0.2) is 25.9 Å². The van der Waals surface area contributed by atoms with E-state index in [0.29, 0.717) is 23.0 Å². The first-order valence-corrected chi connectivity index (χ1v) is 9.76. The maximum Gasteiger partial charge on any atom is 0.428 e. The number of rotatable bonds is 4. The fourth-order valence-corrected chi connectivity index (χ4v) is 3.67. The van der Waals surface area contributed by atoms with Gasteiger partial charge in [-0.3, -0.25) is 4.98 Å². The number of aromatic nitrogens is 5. The number of anilines is 1. The van der Waals surface area contributed by atoms with Crippen LogP contribution in [0.25, 0.3) is 28.0 Å². The molecule has 0 unspecified atom stereocenters. The number of pyridine rings is 1. The van der Waals surface area contributed by atoms with Crippen molar-refractivity contribution in [3.05, 3.63) is 63.8 Å². The molecule has 3 aromatic heterocycles. The predicted octanol–water partition coefficient (Wildman–Crippen LogP) is 3.47. The highest BCUT2D eigenvalue weighted by Gasteiger charge is 2.31. The first-order chi connectivity index (χ1) is 15.4. The normalized spacial score (nSPS) is 12.0. The van der Waals surface area contributed by atoms with Crippen LogP contribution in [0.4, 0.5) is 27.9 Å². The molecule has 0 atom stereocenters. The molecule has 0 bridgehead atoms. The Hall–Kier alpha value is -3.83. The van der Waals surface area contributed by atoms with E-state index in [4.69, 9.17) is 5.73 Å². The molecule has 0 saturated heterocycles. The lowest BCUT2D eigenvalue weighted by atomic mass is 9.99. The SMILES string of the molecule is Cc1cc(-c2c(-c3ccc(F)cc3F)nc(N)[n+]3c(=O)n(CCC(F)(F)F)[nH]c23)cc(C)n1. The van der Waals surface area contributed by atoms with Crippen LogP contribution >= 0.6 is 0 Å². The van der Waals surface area contributed by atoms with Gasteiger partial charge in [-0.2, -0.15) is 17.9 Å². The summed E-state index contributed by atoms with van der Waals surface area (Å²) >= 11 is 0. The fourth-order valence-electron chi connectivity index (χ4n) is 3.67. The number of nitrogens with zero attached hydrogens (tertiary/aromatic N) is 4. The van der Waals surface area contributed by atoms with E-state index < -0.39 is 36.5 Å². The molecule has 0 amide bonds. The predicted molar refractivity (Wildman–Crippen MR) is 109 cm³/mol. The minimum Gasteiger partial charge on any atom is -0.319 e. The molecule has 3 heterocycles. The lowest BCUT2D eigenvalue weighted by molar-refractivity contribution is -0.516. The average Bonchev–Trinajstić information content (AvgIpc) is 3.02. The van der Waals surface area contributed by atoms with Crippen LogP contribution in [-0.2, 0) is 6.54 Å². The number of alkyl halides is 3. The van der Waals surface area contributed by atoms with Gasteiger partial charge in [0.05, 0.1) is 18.5 Å². The molecule has 4 aromatic rings. The number of benzene rings is 1. The average molecular weight is 465 g/mol. The molecule has 0 fully saturated rings. The Bertz CT molecular complexity index is 1420. The second kappa shape index (κ2) is 7.94. The molecule has 0 aliphatic carbocycles. The van der Waals surface area contributed by atoms with Gasteiger partial charge in [0, 0.05) is 23.0 Å². The zero-order valence-electron chi connectivity index (χ0n) is 17.5. The van der Waals surface area contributed by atoms with E-state index >= 15 is 0 Å². The summed E-state index contributed by atoms with van der Waals surface area (Å²) in [7, 11) is 0. The molecule has 4 rings (SSSR count). The van der Waals surface area contributed by atoms with E-state index in [0.717, 1.165) is 15.1 Å². The van der Waals surface area contributed by atoms with Crippen LogP contribution < -0.4 is 15.8 Å². The van der Waals surface area contributed by atoms with Crippen LogP contribution in [0.15, 0.2) is 35.1 Å². The van der Waals surface area contributed by atoms with E-state index in [1.165, 1.54) is 6.07 Å². The van der Waals surface area contributed by atoms with Gasteiger partial charge in [-0.25, -0.2) is 18.7 Å². The Morgan fingerprint density at radius 1 is 1.09 bits per heavy atom. The molecule has 0 radical (unpaired) electrons. The summed E-state index contributed by atoms with van der Waals surface area (Å²) in [5, 5.41) is 2.65. The molecule has 12 heteroatoms. The van der Waals surface area contributed by atoms with Crippen molar-refractivity contribution in [1.82, 2.24) is 19.7 Å². The van der Waals surface area contributed by atoms with Gasteiger partial charge in [0.25, 0.3) is 0 Å². The van der Waals surface area contributed by atoms with Crippen LogP contribution in [0, 0.1) is 25.5 Å². The largest absolute Gasteiger partial charge is 0.428 e. The van der Waals surface area contributed by atoms with E-state index in [-0.39, 0.29) is 28.4 Å². The van der Waals surface area contributed by atoms with E-state index in [2.05, 4.69) is 15.1 Å². The highest BCUT2D eigenvalue weighted by Crippen LogP contribution is 2.34. The summed E-state index contributed by atoms with van der Waals surface area (Å²) in [4.78, 5) is 21.3. The molecule has 3 N–H and O–H groups in total. The smallest absolute Gasteiger partial charge is 0.319 e. The summed E-state index contributed by atoms with van der Waals surface area (Å²) < 4.78 is 68.2. The second-order valence-corrected chi connectivity index (χ2v) is 7.55. The van der Waals surface area contributed by atoms with Crippen molar-refractivity contribution in [1.29, 1.82) is 0 Å². The summed E-state index contributed by atoms with van der Waals surface area (Å²) in [6.07, 6.45) is -5.74. The number of halogens is 5. The topological polar surface area (TPSA) is 93.7 Å². The number of hydrogen-bond acceptors (Lipinski definition) is 4. The maximum atomic E-state index is 14.7. The zero-order chi connectivity index (χ0) is 24.1. The molecular formula is C21H18F5N6O+. The minimum atomic E-state index is -4.49. The van der Waals surface area contributed by atoms with Gasteiger partial charge >= 0.3 is 17.8 Å². The van der Waals surface area contributed by atoms with Crippen molar-refractivity contribution in [2.75, 3.05) is 5.73 Å². The highest BCUT2D eigenvalue weighted by molar-refractivity contribution is 5.88. The van der Waals surface area contributed by atoms with Crippen molar-refractivity contribution >= 4 is 11.6 Å². The Labute approximate surface area is 183 Å². The molecule has 33 heavy (non-hydrogen) atoms. The Kier molecular flexibility index (Phi) is 5.38. The van der Waals surface area contributed by atoms with Crippen molar-refractivity contribution in [3.63, 3.8) is 0 Å². The van der Waals surface area contributed by atoms with Gasteiger partial charge < -0.3 is 5.73 Å². The molecule has 0 aliphatic heterocycles. The molecule has 0 saturated carbocycles. The monoisotopic (exact) mass is 465 g/mol. The number of aryl methyl sites for hydroxylation is 3.